The highest BCUT2D eigenvalue weighted by Gasteiger charge is 2.26. The van der Waals surface area contributed by atoms with Crippen molar-refractivity contribution in [3.05, 3.63) is 36.0 Å². The Bertz CT molecular complexity index is 750. The molecular weight excluding hydrogens is 326 g/mol. The number of nitrogens with one attached hydrogen (secondary N) is 2. The Hall–Kier alpha value is -2.30. The average molecular weight is 353 g/mol. The van der Waals surface area contributed by atoms with Gasteiger partial charge < -0.3 is 15.2 Å². The van der Waals surface area contributed by atoms with Gasteiger partial charge in [0, 0.05) is 36.5 Å². The van der Waals surface area contributed by atoms with Gasteiger partial charge in [0.2, 0.25) is 5.91 Å². The second-order valence-electron chi connectivity index (χ2n) is 7.76. The van der Waals surface area contributed by atoms with Crippen molar-refractivity contribution in [1.29, 1.82) is 0 Å². The van der Waals surface area contributed by atoms with Crippen LogP contribution in [0.15, 0.2) is 30.3 Å². The molecule has 1 saturated heterocycles. The van der Waals surface area contributed by atoms with Gasteiger partial charge in [0.05, 0.1) is 0 Å². The molecule has 138 valence electrons. The minimum atomic E-state index is 0.0649. The molecule has 2 aromatic rings. The number of benzene rings is 1. The van der Waals surface area contributed by atoms with E-state index in [2.05, 4.69) is 10.3 Å². The fourth-order valence-corrected chi connectivity index (χ4v) is 4.32. The highest BCUT2D eigenvalue weighted by molar-refractivity contribution is 5.98. The summed E-state index contributed by atoms with van der Waals surface area (Å²) in [4.78, 5) is 30.1. The van der Waals surface area contributed by atoms with Crippen LogP contribution >= 0.6 is 0 Å². The molecule has 0 radical (unpaired) electrons. The third kappa shape index (κ3) is 3.76. The predicted octanol–water partition coefficient (Wildman–Crippen LogP) is 3.47. The van der Waals surface area contributed by atoms with Crippen LogP contribution in [-0.2, 0) is 4.79 Å². The Balaban J connectivity index is 1.28. The van der Waals surface area contributed by atoms with E-state index in [1.165, 1.54) is 12.8 Å². The summed E-state index contributed by atoms with van der Waals surface area (Å²) >= 11 is 0. The highest BCUT2D eigenvalue weighted by Crippen LogP contribution is 2.24. The summed E-state index contributed by atoms with van der Waals surface area (Å²) in [7, 11) is 0. The van der Waals surface area contributed by atoms with E-state index < -0.39 is 0 Å². The fourth-order valence-electron chi connectivity index (χ4n) is 4.32. The van der Waals surface area contributed by atoms with Crippen molar-refractivity contribution in [2.45, 2.75) is 51.0 Å². The van der Waals surface area contributed by atoms with Crippen molar-refractivity contribution in [3.63, 3.8) is 0 Å². The molecule has 0 unspecified atom stereocenters. The van der Waals surface area contributed by atoms with Gasteiger partial charge in [0.25, 0.3) is 5.91 Å². The Labute approximate surface area is 154 Å². The molecule has 1 aromatic carbocycles. The largest absolute Gasteiger partial charge is 0.353 e. The lowest BCUT2D eigenvalue weighted by atomic mass is 9.93. The van der Waals surface area contributed by atoms with Crippen LogP contribution in [0.2, 0.25) is 0 Å². The number of nitrogens with zero attached hydrogens (tertiary/aromatic N) is 1. The maximum absolute atomic E-state index is 12.7. The maximum Gasteiger partial charge on any atom is 0.270 e. The Morgan fingerprint density at radius 1 is 1.08 bits per heavy atom. The standard InChI is InChI=1S/C21H27N3O2/c25-20(22-17-6-2-3-7-17)13-15-9-11-24(12-10-15)21(26)19-14-16-5-1-4-8-18(16)23-19/h1,4-5,8,14-15,17,23H,2-3,6-7,9-13H2,(H,22,25). The zero-order chi connectivity index (χ0) is 17.9. The molecule has 2 N–H and O–H groups in total. The maximum atomic E-state index is 12.7. The molecule has 0 bridgehead atoms. The lowest BCUT2D eigenvalue weighted by molar-refractivity contribution is -0.123. The van der Waals surface area contributed by atoms with Gasteiger partial charge in [0.1, 0.15) is 5.69 Å². The van der Waals surface area contributed by atoms with Crippen LogP contribution in [-0.4, -0.2) is 40.8 Å². The predicted molar refractivity (Wildman–Crippen MR) is 102 cm³/mol. The molecule has 2 fully saturated rings. The van der Waals surface area contributed by atoms with Gasteiger partial charge >= 0.3 is 0 Å². The molecular formula is C21H27N3O2. The monoisotopic (exact) mass is 353 g/mol. The summed E-state index contributed by atoms with van der Waals surface area (Å²) in [5, 5.41) is 4.24. The number of carbonyl (C=O) groups excluding carboxylic acids is 2. The number of aromatic amines is 1. The summed E-state index contributed by atoms with van der Waals surface area (Å²) in [5.41, 5.74) is 1.65. The average Bonchev–Trinajstić information content (AvgIpc) is 3.31. The quantitative estimate of drug-likeness (QED) is 0.884. The summed E-state index contributed by atoms with van der Waals surface area (Å²) in [6.07, 6.45) is 7.14. The molecule has 26 heavy (non-hydrogen) atoms. The first-order valence-electron chi connectivity index (χ1n) is 9.85. The minimum Gasteiger partial charge on any atom is -0.353 e. The number of aromatic nitrogens is 1. The number of rotatable bonds is 4. The Kier molecular flexibility index (Phi) is 4.96. The van der Waals surface area contributed by atoms with E-state index in [4.69, 9.17) is 0 Å². The first-order chi connectivity index (χ1) is 12.7. The summed E-state index contributed by atoms with van der Waals surface area (Å²) in [6, 6.07) is 10.3. The topological polar surface area (TPSA) is 65.2 Å². The zero-order valence-corrected chi connectivity index (χ0v) is 15.2. The van der Waals surface area contributed by atoms with Crippen LogP contribution < -0.4 is 5.32 Å². The number of H-pyrrole nitrogens is 1. The zero-order valence-electron chi connectivity index (χ0n) is 15.2. The summed E-state index contributed by atoms with van der Waals surface area (Å²) in [6.45, 7) is 1.46. The smallest absolute Gasteiger partial charge is 0.270 e. The van der Waals surface area contributed by atoms with Crippen LogP contribution in [0, 0.1) is 5.92 Å². The van der Waals surface area contributed by atoms with E-state index >= 15 is 0 Å². The lowest BCUT2D eigenvalue weighted by Gasteiger charge is -2.31. The van der Waals surface area contributed by atoms with Crippen LogP contribution in [0.3, 0.4) is 0 Å². The number of carbonyl (C=O) groups is 2. The van der Waals surface area contributed by atoms with E-state index in [1.807, 2.05) is 35.2 Å². The molecule has 5 heteroatoms. The van der Waals surface area contributed by atoms with E-state index in [0.29, 0.717) is 24.1 Å². The lowest BCUT2D eigenvalue weighted by Crippen LogP contribution is -2.40. The second kappa shape index (κ2) is 7.52. The fraction of sp³-hybridized carbons (Fsp3) is 0.524. The Morgan fingerprint density at radius 2 is 1.81 bits per heavy atom. The van der Waals surface area contributed by atoms with Gasteiger partial charge in [-0.15, -0.1) is 0 Å². The number of piperidine rings is 1. The van der Waals surface area contributed by atoms with Crippen molar-refractivity contribution in [2.75, 3.05) is 13.1 Å². The van der Waals surface area contributed by atoms with Gasteiger partial charge in [-0.3, -0.25) is 9.59 Å². The van der Waals surface area contributed by atoms with Gasteiger partial charge in [-0.05, 0) is 43.7 Å². The van der Waals surface area contributed by atoms with Crippen molar-refractivity contribution < 1.29 is 9.59 Å². The van der Waals surface area contributed by atoms with Crippen molar-refractivity contribution in [3.8, 4) is 0 Å². The molecule has 1 aliphatic carbocycles. The SMILES string of the molecule is O=C(CC1CCN(C(=O)c2cc3ccccc3[nH]2)CC1)NC1CCCC1. The van der Waals surface area contributed by atoms with Crippen molar-refractivity contribution >= 4 is 22.7 Å². The molecule has 5 nitrogen and oxygen atoms in total. The van der Waals surface area contributed by atoms with E-state index in [0.717, 1.165) is 49.7 Å². The van der Waals surface area contributed by atoms with Gasteiger partial charge in [-0.25, -0.2) is 0 Å². The molecule has 2 aliphatic rings. The Morgan fingerprint density at radius 3 is 2.54 bits per heavy atom. The van der Waals surface area contributed by atoms with Gasteiger partial charge in [-0.1, -0.05) is 31.0 Å². The van der Waals surface area contributed by atoms with E-state index in [-0.39, 0.29) is 11.8 Å². The first-order valence-corrected chi connectivity index (χ1v) is 9.85. The summed E-state index contributed by atoms with van der Waals surface area (Å²) in [5.74, 6) is 0.649. The molecule has 2 heterocycles. The number of amides is 2. The molecule has 1 aliphatic heterocycles. The van der Waals surface area contributed by atoms with Crippen LogP contribution in [0.5, 0.6) is 0 Å². The molecule has 0 spiro atoms. The van der Waals surface area contributed by atoms with Gasteiger partial charge in [0.15, 0.2) is 0 Å². The van der Waals surface area contributed by atoms with Crippen molar-refractivity contribution in [2.24, 2.45) is 5.92 Å². The molecule has 1 aromatic heterocycles. The number of likely N-dealkylation sites (tertiary alicyclic amines) is 1. The van der Waals surface area contributed by atoms with Gasteiger partial charge in [-0.2, -0.15) is 0 Å². The van der Waals surface area contributed by atoms with Crippen molar-refractivity contribution in [1.82, 2.24) is 15.2 Å². The number of hydrogen-bond acceptors (Lipinski definition) is 2. The molecule has 2 amide bonds. The third-order valence-corrected chi connectivity index (χ3v) is 5.86. The van der Waals surface area contributed by atoms with E-state index in [1.54, 1.807) is 0 Å². The minimum absolute atomic E-state index is 0.0649. The molecule has 0 atom stereocenters. The second-order valence-corrected chi connectivity index (χ2v) is 7.76. The van der Waals surface area contributed by atoms with Crippen LogP contribution in [0.1, 0.15) is 55.4 Å². The first kappa shape index (κ1) is 17.1. The normalized spacial score (nSPS) is 19.2. The number of hydrogen-bond donors (Lipinski definition) is 2. The third-order valence-electron chi connectivity index (χ3n) is 5.86. The summed E-state index contributed by atoms with van der Waals surface area (Å²) < 4.78 is 0. The number of fused-ring (bicyclic) bond motifs is 1. The molecule has 4 rings (SSSR count). The van der Waals surface area contributed by atoms with Crippen LogP contribution in [0.4, 0.5) is 0 Å². The highest BCUT2D eigenvalue weighted by atomic mass is 16.2. The van der Waals surface area contributed by atoms with E-state index in [9.17, 15) is 9.59 Å². The van der Waals surface area contributed by atoms with Crippen LogP contribution in [0.25, 0.3) is 10.9 Å². The molecule has 1 saturated carbocycles. The number of para-hydroxylation sites is 1.